The van der Waals surface area contributed by atoms with Crippen LogP contribution in [0.25, 0.3) is 5.69 Å². The quantitative estimate of drug-likeness (QED) is 0.130. The zero-order valence-electron chi connectivity index (χ0n) is 23.2. The molecule has 0 aliphatic rings. The molecule has 0 N–H and O–H groups in total. The number of azo groups is 1. The van der Waals surface area contributed by atoms with Crippen LogP contribution in [0, 0.1) is 25.2 Å². The maximum Gasteiger partial charge on any atom is 1.00 e. The van der Waals surface area contributed by atoms with Crippen molar-refractivity contribution in [1.29, 1.82) is 5.26 Å². The molecule has 0 aliphatic carbocycles. The molecule has 0 radical (unpaired) electrons. The van der Waals surface area contributed by atoms with Crippen molar-refractivity contribution >= 4 is 61.9 Å². The molecular weight excluding hydrogens is 634 g/mol. The second kappa shape index (κ2) is 13.8. The van der Waals surface area contributed by atoms with E-state index in [9.17, 15) is 18.2 Å². The molecule has 0 aliphatic heterocycles. The van der Waals surface area contributed by atoms with Gasteiger partial charge in [-0.15, -0.1) is 10.2 Å². The first-order valence-corrected chi connectivity index (χ1v) is 14.6. The predicted molar refractivity (Wildman–Crippen MR) is 161 cm³/mol. The molecule has 0 amide bonds. The smallest absolute Gasteiger partial charge is 0.744 e. The van der Waals surface area contributed by atoms with E-state index in [4.69, 9.17) is 23.2 Å². The van der Waals surface area contributed by atoms with Gasteiger partial charge < -0.3 is 9.45 Å². The van der Waals surface area contributed by atoms with E-state index in [1.54, 1.807) is 12.1 Å². The van der Waals surface area contributed by atoms with Crippen LogP contribution in [0.1, 0.15) is 16.7 Å². The Kier molecular flexibility index (Phi) is 10.6. The number of aromatic nitrogens is 2. The van der Waals surface area contributed by atoms with Gasteiger partial charge in [0.25, 0.3) is 0 Å². The number of hydrogen-bond acceptors (Lipinski definition) is 8. The Morgan fingerprint density at radius 1 is 0.837 bits per heavy atom. The Labute approximate surface area is 301 Å². The summed E-state index contributed by atoms with van der Waals surface area (Å²) in [6.45, 7) is 4.08. The van der Waals surface area contributed by atoms with E-state index < -0.39 is 15.0 Å². The molecule has 0 bridgehead atoms. The average Bonchev–Trinajstić information content (AvgIpc) is 3.36. The van der Waals surface area contributed by atoms with Gasteiger partial charge in [-0.25, -0.2) is 13.1 Å². The van der Waals surface area contributed by atoms with Gasteiger partial charge in [-0.3, -0.25) is 0 Å². The van der Waals surface area contributed by atoms with E-state index in [-0.39, 0.29) is 78.5 Å². The maximum absolute atomic E-state index is 11.4. The van der Waals surface area contributed by atoms with E-state index in [0.29, 0.717) is 5.69 Å². The first-order chi connectivity index (χ1) is 20.0. The molecule has 43 heavy (non-hydrogen) atoms. The number of rotatable bonds is 7. The Morgan fingerprint density at radius 3 is 1.74 bits per heavy atom. The Hall–Kier alpha value is -2.89. The number of benzene rings is 4. The molecule has 1 aromatic heterocycles. The number of hydrogen-bond donors (Lipinski definition) is 0. The van der Waals surface area contributed by atoms with Crippen molar-refractivity contribution < 1.29 is 64.4 Å². The third-order valence-electron chi connectivity index (χ3n) is 6.31. The summed E-state index contributed by atoms with van der Waals surface area (Å²) in [4.78, 5) is 1.53. The van der Waals surface area contributed by atoms with Gasteiger partial charge in [-0.2, -0.15) is 10.4 Å². The second-order valence-electron chi connectivity index (χ2n) is 9.32. The molecule has 0 saturated heterocycles. The van der Waals surface area contributed by atoms with E-state index in [1.807, 2.05) is 32.0 Å². The van der Waals surface area contributed by atoms with Crippen LogP contribution in [-0.4, -0.2) is 22.8 Å². The second-order valence-corrected chi connectivity index (χ2v) is 11.5. The molecule has 0 spiro atoms. The Balaban J connectivity index is 0.00000423. The van der Waals surface area contributed by atoms with E-state index in [0.717, 1.165) is 40.3 Å². The fraction of sp³-hybridized carbons (Fsp3) is 0.0667. The Bertz CT molecular complexity index is 1890. The topological polar surface area (TPSA) is 127 Å². The molecule has 9 nitrogen and oxygen atoms in total. The van der Waals surface area contributed by atoms with Crippen LogP contribution in [-0.2, 0) is 10.1 Å². The van der Waals surface area contributed by atoms with Crippen LogP contribution in [0.15, 0.2) is 106 Å². The maximum atomic E-state index is 11.4. The molecule has 13 heteroatoms. The summed E-state index contributed by atoms with van der Waals surface area (Å²) in [6.07, 6.45) is 1.25. The van der Waals surface area contributed by atoms with Crippen LogP contribution >= 0.6 is 23.2 Å². The van der Waals surface area contributed by atoms with Crippen molar-refractivity contribution in [2.45, 2.75) is 18.7 Å². The third kappa shape index (κ3) is 7.43. The number of aryl methyl sites for hydroxylation is 2. The van der Waals surface area contributed by atoms with Gasteiger partial charge in [0.15, 0.2) is 5.82 Å². The fourth-order valence-electron chi connectivity index (χ4n) is 4.18. The molecule has 5 rings (SSSR count). The molecule has 0 saturated carbocycles. The first-order valence-electron chi connectivity index (χ1n) is 12.4. The molecule has 5 aromatic rings. The molecular formula is C30H21Cl2KN6O3S. The van der Waals surface area contributed by atoms with Gasteiger partial charge in [0.2, 0.25) is 0 Å². The van der Waals surface area contributed by atoms with Gasteiger partial charge in [-0.1, -0.05) is 58.6 Å². The van der Waals surface area contributed by atoms with Crippen molar-refractivity contribution in [3.8, 4) is 11.8 Å². The molecule has 0 atom stereocenters. The van der Waals surface area contributed by atoms with Crippen LogP contribution < -0.4 is 56.3 Å². The monoisotopic (exact) mass is 654 g/mol. The number of halogens is 2. The third-order valence-corrected chi connectivity index (χ3v) is 7.70. The van der Waals surface area contributed by atoms with Crippen LogP contribution in [0.3, 0.4) is 0 Å². The van der Waals surface area contributed by atoms with Gasteiger partial charge in [-0.05, 0) is 74.5 Å². The van der Waals surface area contributed by atoms with Gasteiger partial charge >= 0.3 is 51.4 Å². The largest absolute Gasteiger partial charge is 1.00 e. The molecule has 210 valence electrons. The van der Waals surface area contributed by atoms with Crippen molar-refractivity contribution in [2.75, 3.05) is 4.90 Å². The summed E-state index contributed by atoms with van der Waals surface area (Å²) < 4.78 is 35.5. The SMILES string of the molecule is Cc1ccc(N(c2ccc(C)cc2)c2ccc(N=Nc3c(C#N)cnn3-c3c(Cl)cc(S(=O)(=O)[O-])cc3Cl)cc2)cc1.[K+]. The molecule has 0 unspecified atom stereocenters. The summed E-state index contributed by atoms with van der Waals surface area (Å²) in [6, 6.07) is 27.8. The van der Waals surface area contributed by atoms with Crippen molar-refractivity contribution in [3.63, 3.8) is 0 Å². The summed E-state index contributed by atoms with van der Waals surface area (Å²) in [5.74, 6) is 0.0176. The van der Waals surface area contributed by atoms with Crippen molar-refractivity contribution in [1.82, 2.24) is 9.78 Å². The van der Waals surface area contributed by atoms with Gasteiger partial charge in [0, 0.05) is 17.1 Å². The normalized spacial score (nSPS) is 11.3. The minimum Gasteiger partial charge on any atom is -0.744 e. The summed E-state index contributed by atoms with van der Waals surface area (Å²) in [7, 11) is -4.80. The minimum absolute atomic E-state index is 0. The van der Waals surface area contributed by atoms with E-state index in [1.165, 1.54) is 10.9 Å². The van der Waals surface area contributed by atoms with Crippen molar-refractivity contribution in [2.24, 2.45) is 10.2 Å². The molecule has 1 heterocycles. The van der Waals surface area contributed by atoms with Gasteiger partial charge in [0.1, 0.15) is 27.4 Å². The number of nitriles is 1. The van der Waals surface area contributed by atoms with E-state index in [2.05, 4.69) is 68.8 Å². The zero-order chi connectivity index (χ0) is 30.0. The Morgan fingerprint density at radius 2 is 1.30 bits per heavy atom. The molecule has 0 fully saturated rings. The summed E-state index contributed by atoms with van der Waals surface area (Å²) in [5, 5.41) is 21.9. The summed E-state index contributed by atoms with van der Waals surface area (Å²) >= 11 is 12.5. The average molecular weight is 656 g/mol. The number of anilines is 3. The predicted octanol–water partition coefficient (Wildman–Crippen LogP) is 5.46. The molecule has 4 aromatic carbocycles. The van der Waals surface area contributed by atoms with Crippen molar-refractivity contribution in [3.05, 3.63) is 118 Å². The fourth-order valence-corrected chi connectivity index (χ4v) is 5.48. The zero-order valence-corrected chi connectivity index (χ0v) is 28.7. The van der Waals surface area contributed by atoms with E-state index >= 15 is 0 Å². The first kappa shape index (κ1) is 33.0. The van der Waals surface area contributed by atoms with Crippen LogP contribution in [0.4, 0.5) is 28.6 Å². The minimum atomic E-state index is -4.80. The van der Waals surface area contributed by atoms with Gasteiger partial charge in [0.05, 0.1) is 26.8 Å². The van der Waals surface area contributed by atoms with Crippen LogP contribution in [0.5, 0.6) is 0 Å². The number of nitrogens with zero attached hydrogens (tertiary/aromatic N) is 6. The standard InChI is InChI=1S/C30H22Cl2N6O3S.K/c1-19-3-9-23(10-4-19)37(24-11-5-20(2)6-12-24)25-13-7-22(8-14-25)35-36-30-21(17-33)18-34-38(30)29-27(31)15-26(16-28(29)32)42(39,40)41;/h3-16,18H,1-2H3,(H,39,40,41);/q;+1/p-1. The van der Waals surface area contributed by atoms with Crippen LogP contribution in [0.2, 0.25) is 10.0 Å². The summed E-state index contributed by atoms with van der Waals surface area (Å²) in [5.41, 5.74) is 5.81.